The first-order valence-electron chi connectivity index (χ1n) is 7.29. The Morgan fingerprint density at radius 1 is 0.944 bits per heavy atom. The molecule has 0 saturated carbocycles. The molecule has 0 aliphatic carbocycles. The highest BCUT2D eigenvalue weighted by Crippen LogP contribution is 2.12. The van der Waals surface area contributed by atoms with Crippen LogP contribution in [0.25, 0.3) is 0 Å². The molecule has 1 aromatic carbocycles. The van der Waals surface area contributed by atoms with E-state index in [2.05, 4.69) is 43.4 Å². The smallest absolute Gasteiger partial charge is 0.119 e. The molecule has 0 spiro atoms. The van der Waals surface area contributed by atoms with Gasteiger partial charge in [-0.25, -0.2) is 0 Å². The lowest BCUT2D eigenvalue weighted by atomic mass is 10.2. The van der Waals surface area contributed by atoms with Gasteiger partial charge in [-0.05, 0) is 37.1 Å². The van der Waals surface area contributed by atoms with E-state index in [4.69, 9.17) is 4.74 Å². The lowest BCUT2D eigenvalue weighted by Crippen LogP contribution is -2.14. The van der Waals surface area contributed by atoms with Crippen molar-refractivity contribution in [3.8, 4) is 5.75 Å². The molecule has 0 aliphatic heterocycles. The molecule has 0 radical (unpaired) electrons. The second kappa shape index (κ2) is 9.95. The van der Waals surface area contributed by atoms with E-state index in [9.17, 15) is 0 Å². The minimum atomic E-state index is 0.801. The molecule has 0 unspecified atom stereocenters. The lowest BCUT2D eigenvalue weighted by Gasteiger charge is -2.07. The summed E-state index contributed by atoms with van der Waals surface area (Å²) in [6.45, 7) is 7.25. The van der Waals surface area contributed by atoms with Crippen LogP contribution in [-0.4, -0.2) is 13.2 Å². The number of hydrogen-bond donors (Lipinski definition) is 1. The van der Waals surface area contributed by atoms with Crippen molar-refractivity contribution in [3.05, 3.63) is 29.8 Å². The monoisotopic (exact) mass is 249 g/mol. The van der Waals surface area contributed by atoms with Gasteiger partial charge >= 0.3 is 0 Å². The van der Waals surface area contributed by atoms with Gasteiger partial charge in [-0.2, -0.15) is 0 Å². The summed E-state index contributed by atoms with van der Waals surface area (Å²) in [6, 6.07) is 8.40. The third-order valence-corrected chi connectivity index (χ3v) is 2.93. The Morgan fingerprint density at radius 2 is 1.72 bits per heavy atom. The molecule has 0 fully saturated rings. The van der Waals surface area contributed by atoms with Gasteiger partial charge in [0.25, 0.3) is 0 Å². The van der Waals surface area contributed by atoms with Crippen LogP contribution in [0, 0.1) is 0 Å². The maximum atomic E-state index is 5.56. The van der Waals surface area contributed by atoms with Crippen LogP contribution in [0.2, 0.25) is 0 Å². The van der Waals surface area contributed by atoms with E-state index < -0.39 is 0 Å². The third kappa shape index (κ3) is 6.65. The van der Waals surface area contributed by atoms with Gasteiger partial charge in [0.2, 0.25) is 0 Å². The molecular weight excluding hydrogens is 222 g/mol. The number of hydrogen-bond acceptors (Lipinski definition) is 2. The quantitative estimate of drug-likeness (QED) is 0.629. The Kier molecular flexibility index (Phi) is 8.32. The molecule has 18 heavy (non-hydrogen) atoms. The summed E-state index contributed by atoms with van der Waals surface area (Å²) in [5.41, 5.74) is 1.33. The summed E-state index contributed by atoms with van der Waals surface area (Å²) in [6.07, 6.45) is 6.34. The Bertz CT molecular complexity index is 294. The van der Waals surface area contributed by atoms with Gasteiger partial charge in [-0.15, -0.1) is 0 Å². The average Bonchev–Trinajstić information content (AvgIpc) is 2.42. The normalized spacial score (nSPS) is 10.6. The fourth-order valence-electron chi connectivity index (χ4n) is 1.83. The summed E-state index contributed by atoms with van der Waals surface area (Å²) >= 11 is 0. The van der Waals surface area contributed by atoms with E-state index in [-0.39, 0.29) is 0 Å². The van der Waals surface area contributed by atoms with Crippen LogP contribution in [-0.2, 0) is 6.54 Å². The molecule has 0 atom stereocenters. The highest BCUT2D eigenvalue weighted by molar-refractivity contribution is 5.27. The molecule has 1 N–H and O–H groups in total. The number of ether oxygens (including phenoxy) is 1. The van der Waals surface area contributed by atoms with Crippen molar-refractivity contribution in [3.63, 3.8) is 0 Å². The first-order valence-corrected chi connectivity index (χ1v) is 7.29. The van der Waals surface area contributed by atoms with E-state index in [1.807, 2.05) is 0 Å². The fourth-order valence-corrected chi connectivity index (χ4v) is 1.83. The van der Waals surface area contributed by atoms with Gasteiger partial charge < -0.3 is 10.1 Å². The van der Waals surface area contributed by atoms with Crippen molar-refractivity contribution in [2.75, 3.05) is 13.2 Å². The van der Waals surface area contributed by atoms with Crippen molar-refractivity contribution >= 4 is 0 Å². The van der Waals surface area contributed by atoms with E-state index in [0.717, 1.165) is 31.9 Å². The molecule has 0 bridgehead atoms. The van der Waals surface area contributed by atoms with Crippen molar-refractivity contribution < 1.29 is 4.74 Å². The molecular formula is C16H27NO. The van der Waals surface area contributed by atoms with Gasteiger partial charge in [0.1, 0.15) is 5.75 Å². The summed E-state index contributed by atoms with van der Waals surface area (Å²) in [5.74, 6) is 0.976. The second-order valence-corrected chi connectivity index (χ2v) is 4.73. The average molecular weight is 249 g/mol. The highest BCUT2D eigenvalue weighted by atomic mass is 16.5. The summed E-state index contributed by atoms with van der Waals surface area (Å²) < 4.78 is 5.56. The van der Waals surface area contributed by atoms with E-state index >= 15 is 0 Å². The zero-order valence-electron chi connectivity index (χ0n) is 11.9. The zero-order valence-corrected chi connectivity index (χ0v) is 11.9. The standard InChI is InChI=1S/C16H27NO/c1-3-5-6-7-12-17-14-15-8-10-16(11-9-15)18-13-4-2/h8-11,17H,3-7,12-14H2,1-2H3. The second-order valence-electron chi connectivity index (χ2n) is 4.73. The highest BCUT2D eigenvalue weighted by Gasteiger charge is 1.95. The molecule has 102 valence electrons. The van der Waals surface area contributed by atoms with Crippen molar-refractivity contribution in [2.45, 2.75) is 52.5 Å². The molecule has 0 heterocycles. The molecule has 0 amide bonds. The molecule has 2 nitrogen and oxygen atoms in total. The van der Waals surface area contributed by atoms with Crippen LogP contribution < -0.4 is 10.1 Å². The van der Waals surface area contributed by atoms with Crippen molar-refractivity contribution in [1.82, 2.24) is 5.32 Å². The maximum absolute atomic E-state index is 5.56. The lowest BCUT2D eigenvalue weighted by molar-refractivity contribution is 0.317. The molecule has 2 heteroatoms. The molecule has 0 aliphatic rings. The van der Waals surface area contributed by atoms with Crippen LogP contribution >= 0.6 is 0 Å². The van der Waals surface area contributed by atoms with E-state index in [1.165, 1.54) is 31.2 Å². The number of nitrogens with one attached hydrogen (secondary N) is 1. The fraction of sp³-hybridized carbons (Fsp3) is 0.625. The van der Waals surface area contributed by atoms with Crippen LogP contribution in [0.15, 0.2) is 24.3 Å². The topological polar surface area (TPSA) is 21.3 Å². The van der Waals surface area contributed by atoms with Crippen LogP contribution in [0.4, 0.5) is 0 Å². The molecule has 0 aromatic heterocycles. The zero-order chi connectivity index (χ0) is 13.1. The van der Waals surface area contributed by atoms with E-state index in [0.29, 0.717) is 0 Å². The predicted molar refractivity (Wildman–Crippen MR) is 78.1 cm³/mol. The van der Waals surface area contributed by atoms with Crippen LogP contribution in [0.1, 0.15) is 51.5 Å². The molecule has 1 rings (SSSR count). The van der Waals surface area contributed by atoms with E-state index in [1.54, 1.807) is 0 Å². The van der Waals surface area contributed by atoms with Gasteiger partial charge in [0.05, 0.1) is 6.61 Å². The van der Waals surface area contributed by atoms with Gasteiger partial charge in [0, 0.05) is 6.54 Å². The number of unbranched alkanes of at least 4 members (excludes halogenated alkanes) is 3. The number of rotatable bonds is 10. The summed E-state index contributed by atoms with van der Waals surface area (Å²) in [5, 5.41) is 3.48. The Labute approximate surface area is 112 Å². The summed E-state index contributed by atoms with van der Waals surface area (Å²) in [7, 11) is 0. The third-order valence-electron chi connectivity index (χ3n) is 2.93. The van der Waals surface area contributed by atoms with Crippen LogP contribution in [0.3, 0.4) is 0 Å². The Hall–Kier alpha value is -1.02. The van der Waals surface area contributed by atoms with Gasteiger partial charge in [-0.1, -0.05) is 45.2 Å². The predicted octanol–water partition coefficient (Wildman–Crippen LogP) is 4.15. The SMILES string of the molecule is CCCCCCNCc1ccc(OCCC)cc1. The Balaban J connectivity index is 2.14. The minimum Gasteiger partial charge on any atom is -0.494 e. The maximum Gasteiger partial charge on any atom is 0.119 e. The van der Waals surface area contributed by atoms with Gasteiger partial charge in [0.15, 0.2) is 0 Å². The first-order chi connectivity index (χ1) is 8.86. The number of benzene rings is 1. The van der Waals surface area contributed by atoms with Gasteiger partial charge in [-0.3, -0.25) is 0 Å². The summed E-state index contributed by atoms with van der Waals surface area (Å²) in [4.78, 5) is 0. The van der Waals surface area contributed by atoms with Crippen LogP contribution in [0.5, 0.6) is 5.75 Å². The molecule has 1 aromatic rings. The first kappa shape index (κ1) is 15.0. The largest absolute Gasteiger partial charge is 0.494 e. The van der Waals surface area contributed by atoms with Crippen molar-refractivity contribution in [1.29, 1.82) is 0 Å². The molecule has 0 saturated heterocycles. The minimum absolute atomic E-state index is 0.801. The Morgan fingerprint density at radius 3 is 2.39 bits per heavy atom. The van der Waals surface area contributed by atoms with Crippen molar-refractivity contribution in [2.24, 2.45) is 0 Å².